The number of cyclic esters (lactones) is 1. The fraction of sp³-hybridized carbons (Fsp3) is 0.296. The van der Waals surface area contributed by atoms with Crippen LogP contribution in [0.5, 0.6) is 23.0 Å². The first-order chi connectivity index (χ1) is 16.6. The van der Waals surface area contributed by atoms with E-state index in [-0.39, 0.29) is 12.1 Å². The van der Waals surface area contributed by atoms with Crippen molar-refractivity contribution in [3.63, 3.8) is 0 Å². The smallest absolute Gasteiger partial charge is 0.410 e. The van der Waals surface area contributed by atoms with Gasteiger partial charge in [-0.3, -0.25) is 4.90 Å². The van der Waals surface area contributed by atoms with Gasteiger partial charge in [0.2, 0.25) is 5.75 Å². The highest BCUT2D eigenvalue weighted by Crippen LogP contribution is 2.39. The molecular formula is C27H29NO6. The average molecular weight is 464 g/mol. The Labute approximate surface area is 199 Å². The first kappa shape index (κ1) is 23.3. The average Bonchev–Trinajstić information content (AvgIpc) is 3.21. The van der Waals surface area contributed by atoms with E-state index in [1.54, 1.807) is 26.2 Å². The van der Waals surface area contributed by atoms with E-state index >= 15 is 0 Å². The summed E-state index contributed by atoms with van der Waals surface area (Å²) in [5.74, 6) is 2.41. The van der Waals surface area contributed by atoms with Gasteiger partial charge in [0, 0.05) is 6.54 Å². The van der Waals surface area contributed by atoms with Crippen molar-refractivity contribution in [1.29, 1.82) is 0 Å². The molecule has 1 fully saturated rings. The van der Waals surface area contributed by atoms with Crippen LogP contribution in [0.15, 0.2) is 66.7 Å². The number of nitrogens with zero attached hydrogens (tertiary/aromatic N) is 1. The number of methoxy groups -OCH3 is 3. The van der Waals surface area contributed by atoms with Crippen LogP contribution >= 0.6 is 0 Å². The molecule has 1 aliphatic heterocycles. The van der Waals surface area contributed by atoms with Crippen LogP contribution in [0, 0.1) is 0 Å². The Bertz CT molecular complexity index is 1100. The molecule has 0 bridgehead atoms. The number of rotatable bonds is 10. The largest absolute Gasteiger partial charge is 0.497 e. The van der Waals surface area contributed by atoms with Gasteiger partial charge in [-0.05, 0) is 47.4 Å². The summed E-state index contributed by atoms with van der Waals surface area (Å²) in [5, 5.41) is 0. The highest BCUT2D eigenvalue weighted by atomic mass is 16.6. The third-order valence-corrected chi connectivity index (χ3v) is 5.80. The SMILES string of the molecule is COc1ccc(CC2COC(=O)N2Cc2cc(OC)c(OC)c(OCc3ccccc3)c2)cc1. The van der Waals surface area contributed by atoms with Crippen molar-refractivity contribution in [2.45, 2.75) is 25.6 Å². The molecule has 0 aromatic heterocycles. The summed E-state index contributed by atoms with van der Waals surface area (Å²) in [5.41, 5.74) is 3.00. The lowest BCUT2D eigenvalue weighted by Gasteiger charge is -2.23. The lowest BCUT2D eigenvalue weighted by Crippen LogP contribution is -2.34. The number of carbonyl (C=O) groups is 1. The number of amides is 1. The highest BCUT2D eigenvalue weighted by Gasteiger charge is 2.33. The maximum atomic E-state index is 12.5. The van der Waals surface area contributed by atoms with Crippen LogP contribution < -0.4 is 18.9 Å². The zero-order valence-electron chi connectivity index (χ0n) is 19.7. The van der Waals surface area contributed by atoms with Gasteiger partial charge in [-0.2, -0.15) is 0 Å². The predicted molar refractivity (Wildman–Crippen MR) is 128 cm³/mol. The molecule has 1 heterocycles. The van der Waals surface area contributed by atoms with Gasteiger partial charge in [-0.25, -0.2) is 4.79 Å². The summed E-state index contributed by atoms with van der Waals surface area (Å²) < 4.78 is 27.8. The van der Waals surface area contributed by atoms with Crippen molar-refractivity contribution in [1.82, 2.24) is 4.90 Å². The Morgan fingerprint density at radius 2 is 1.59 bits per heavy atom. The summed E-state index contributed by atoms with van der Waals surface area (Å²) in [6.45, 7) is 1.09. The van der Waals surface area contributed by atoms with Crippen molar-refractivity contribution in [2.24, 2.45) is 0 Å². The minimum absolute atomic E-state index is 0.0809. The topological polar surface area (TPSA) is 66.5 Å². The number of carbonyl (C=O) groups excluding carboxylic acids is 1. The third-order valence-electron chi connectivity index (χ3n) is 5.80. The zero-order chi connectivity index (χ0) is 23.9. The Morgan fingerprint density at radius 3 is 2.26 bits per heavy atom. The van der Waals surface area contributed by atoms with Gasteiger partial charge in [-0.1, -0.05) is 42.5 Å². The van der Waals surface area contributed by atoms with Crippen LogP contribution in [0.1, 0.15) is 16.7 Å². The molecular weight excluding hydrogens is 434 g/mol. The number of benzene rings is 3. The van der Waals surface area contributed by atoms with Crippen LogP contribution in [-0.4, -0.2) is 45.0 Å². The summed E-state index contributed by atoms with van der Waals surface area (Å²) in [7, 11) is 4.80. The normalized spacial score (nSPS) is 15.1. The lowest BCUT2D eigenvalue weighted by atomic mass is 10.0. The maximum absolute atomic E-state index is 12.5. The third kappa shape index (κ3) is 5.36. The molecule has 1 saturated heterocycles. The molecule has 0 spiro atoms. The molecule has 0 N–H and O–H groups in total. The Kier molecular flexibility index (Phi) is 7.42. The zero-order valence-corrected chi connectivity index (χ0v) is 19.7. The Hall–Kier alpha value is -3.87. The summed E-state index contributed by atoms with van der Waals surface area (Å²) in [6, 6.07) is 21.4. The van der Waals surface area contributed by atoms with Gasteiger partial charge in [0.1, 0.15) is 19.0 Å². The highest BCUT2D eigenvalue weighted by molar-refractivity contribution is 5.70. The molecule has 0 saturated carbocycles. The second-order valence-electron chi connectivity index (χ2n) is 8.01. The standard InChI is InChI=1S/C27H29NO6/c1-30-23-11-9-19(10-12-23)13-22-18-34-27(29)28(22)16-21-14-24(31-2)26(32-3)25(15-21)33-17-20-7-5-4-6-8-20/h4-12,14-15,22H,13,16-18H2,1-3H3. The monoisotopic (exact) mass is 463 g/mol. The fourth-order valence-electron chi connectivity index (χ4n) is 4.00. The van der Waals surface area contributed by atoms with Gasteiger partial charge in [0.05, 0.1) is 27.4 Å². The molecule has 4 rings (SSSR count). The minimum atomic E-state index is -0.333. The Balaban J connectivity index is 1.53. The van der Waals surface area contributed by atoms with Crippen molar-refractivity contribution >= 4 is 6.09 Å². The minimum Gasteiger partial charge on any atom is -0.497 e. The van der Waals surface area contributed by atoms with Crippen LogP contribution in [0.4, 0.5) is 4.79 Å². The summed E-state index contributed by atoms with van der Waals surface area (Å²) >= 11 is 0. The van der Waals surface area contributed by atoms with Crippen LogP contribution in [0.2, 0.25) is 0 Å². The van der Waals surface area contributed by atoms with Gasteiger partial charge in [0.25, 0.3) is 0 Å². The molecule has 0 radical (unpaired) electrons. The summed E-state index contributed by atoms with van der Waals surface area (Å²) in [6.07, 6.45) is 0.348. The van der Waals surface area contributed by atoms with Gasteiger partial charge < -0.3 is 23.7 Å². The van der Waals surface area contributed by atoms with E-state index in [4.69, 9.17) is 23.7 Å². The summed E-state index contributed by atoms with van der Waals surface area (Å²) in [4.78, 5) is 14.3. The second-order valence-corrected chi connectivity index (χ2v) is 8.01. The van der Waals surface area contributed by atoms with Gasteiger partial charge >= 0.3 is 6.09 Å². The van der Waals surface area contributed by atoms with Crippen LogP contribution in [0.25, 0.3) is 0 Å². The van der Waals surface area contributed by atoms with E-state index in [2.05, 4.69) is 0 Å². The second kappa shape index (κ2) is 10.8. The van der Waals surface area contributed by atoms with Crippen molar-refractivity contribution in [3.8, 4) is 23.0 Å². The molecule has 3 aromatic rings. The molecule has 1 amide bonds. The van der Waals surface area contributed by atoms with E-state index in [1.165, 1.54) is 0 Å². The van der Waals surface area contributed by atoms with Crippen molar-refractivity contribution < 1.29 is 28.5 Å². The van der Waals surface area contributed by atoms with E-state index in [1.807, 2.05) is 66.7 Å². The van der Waals surface area contributed by atoms with Crippen LogP contribution in [0.3, 0.4) is 0 Å². The van der Waals surface area contributed by atoms with Crippen molar-refractivity contribution in [3.05, 3.63) is 83.4 Å². The molecule has 1 unspecified atom stereocenters. The molecule has 0 aliphatic carbocycles. The number of hydrogen-bond donors (Lipinski definition) is 0. The molecule has 178 valence electrons. The lowest BCUT2D eigenvalue weighted by molar-refractivity contribution is 0.156. The van der Waals surface area contributed by atoms with E-state index in [0.717, 1.165) is 22.4 Å². The molecule has 3 aromatic carbocycles. The molecule has 1 aliphatic rings. The molecule has 7 heteroatoms. The van der Waals surface area contributed by atoms with Gasteiger partial charge in [-0.15, -0.1) is 0 Å². The quantitative estimate of drug-likeness (QED) is 0.428. The molecule has 7 nitrogen and oxygen atoms in total. The fourth-order valence-corrected chi connectivity index (χ4v) is 4.00. The van der Waals surface area contributed by atoms with E-state index in [0.29, 0.717) is 43.4 Å². The van der Waals surface area contributed by atoms with Gasteiger partial charge in [0.15, 0.2) is 11.5 Å². The van der Waals surface area contributed by atoms with Crippen molar-refractivity contribution in [2.75, 3.05) is 27.9 Å². The predicted octanol–water partition coefficient (Wildman–Crippen LogP) is 4.85. The molecule has 34 heavy (non-hydrogen) atoms. The first-order valence-electron chi connectivity index (χ1n) is 11.1. The Morgan fingerprint density at radius 1 is 0.853 bits per heavy atom. The van der Waals surface area contributed by atoms with E-state index < -0.39 is 0 Å². The van der Waals surface area contributed by atoms with Crippen LogP contribution in [-0.2, 0) is 24.3 Å². The maximum Gasteiger partial charge on any atom is 0.410 e. The first-order valence-corrected chi connectivity index (χ1v) is 11.1. The number of hydrogen-bond acceptors (Lipinski definition) is 6. The van der Waals surface area contributed by atoms with E-state index in [9.17, 15) is 4.79 Å². The molecule has 1 atom stereocenters. The number of ether oxygens (including phenoxy) is 5.